The molecule has 1 aromatic carbocycles. The quantitative estimate of drug-likeness (QED) is 0.232. The van der Waals surface area contributed by atoms with Crippen LogP contribution in [0.2, 0.25) is 0 Å². The summed E-state index contributed by atoms with van der Waals surface area (Å²) in [4.78, 5) is 6.49. The van der Waals surface area contributed by atoms with Gasteiger partial charge in [0.1, 0.15) is 12.4 Å². The molecule has 0 spiro atoms. The molecule has 158 valence electrons. The van der Waals surface area contributed by atoms with Crippen molar-refractivity contribution in [1.29, 1.82) is 0 Å². The number of para-hydroxylation sites is 1. The number of aliphatic imine (C=N–C) groups is 1. The summed E-state index contributed by atoms with van der Waals surface area (Å²) < 4.78 is 30.7. The highest BCUT2D eigenvalue weighted by Gasteiger charge is 2.21. The number of halogens is 3. The predicted octanol–water partition coefficient (Wildman–Crippen LogP) is 3.65. The van der Waals surface area contributed by atoms with Crippen molar-refractivity contribution >= 4 is 29.9 Å². The molecule has 0 bridgehead atoms. The Labute approximate surface area is 183 Å². The zero-order valence-corrected chi connectivity index (χ0v) is 18.7. The molecule has 0 amide bonds. The average molecular weight is 508 g/mol. The van der Waals surface area contributed by atoms with Crippen molar-refractivity contribution in [1.82, 2.24) is 15.5 Å². The lowest BCUT2D eigenvalue weighted by Crippen LogP contribution is -2.49. The van der Waals surface area contributed by atoms with Crippen LogP contribution >= 0.6 is 24.0 Å². The number of rotatable bonds is 9. The van der Waals surface area contributed by atoms with Crippen LogP contribution in [0.4, 0.5) is 8.78 Å². The molecule has 0 radical (unpaired) electrons. The normalized spacial score (nSPS) is 15.8. The number of alkyl halides is 2. The van der Waals surface area contributed by atoms with Crippen molar-refractivity contribution < 1.29 is 13.5 Å². The molecule has 1 saturated heterocycles. The van der Waals surface area contributed by atoms with Gasteiger partial charge in [-0.3, -0.25) is 4.90 Å². The summed E-state index contributed by atoms with van der Waals surface area (Å²) in [5.41, 5.74) is 1.00. The second-order valence-electron chi connectivity index (χ2n) is 6.51. The van der Waals surface area contributed by atoms with Gasteiger partial charge in [-0.05, 0) is 25.8 Å². The number of ether oxygens (including phenoxy) is 1. The molecule has 0 aromatic heterocycles. The van der Waals surface area contributed by atoms with Crippen LogP contribution in [0.1, 0.15) is 25.3 Å². The zero-order chi connectivity index (χ0) is 19.5. The third-order valence-electron chi connectivity index (χ3n) is 4.41. The molecular weight excluding hydrogens is 477 g/mol. The maximum Gasteiger partial charge on any atom is 0.251 e. The second-order valence-corrected chi connectivity index (χ2v) is 6.51. The Morgan fingerprint density at radius 1 is 1.36 bits per heavy atom. The first-order valence-corrected chi connectivity index (χ1v) is 9.49. The van der Waals surface area contributed by atoms with Crippen LogP contribution in [-0.4, -0.2) is 56.1 Å². The molecule has 28 heavy (non-hydrogen) atoms. The van der Waals surface area contributed by atoms with E-state index < -0.39 is 6.43 Å². The standard InChI is InChI=1S/C20H30F2N4O.HI/c1-3-13-27-18-8-6-5-7-16(18)14-24-20(23-4-2)25-17-9-11-26(12-10-17)15-19(21)22;/h3,5-8,17,19H,1,4,9-15H2,2H3,(H2,23,24,25);1H. The van der Waals surface area contributed by atoms with E-state index in [4.69, 9.17) is 4.74 Å². The number of hydrogen-bond donors (Lipinski definition) is 2. The Morgan fingerprint density at radius 3 is 2.71 bits per heavy atom. The summed E-state index contributed by atoms with van der Waals surface area (Å²) >= 11 is 0. The van der Waals surface area contributed by atoms with E-state index >= 15 is 0 Å². The number of nitrogens with zero attached hydrogens (tertiary/aromatic N) is 2. The van der Waals surface area contributed by atoms with Crippen LogP contribution in [0.25, 0.3) is 0 Å². The summed E-state index contributed by atoms with van der Waals surface area (Å²) in [7, 11) is 0. The topological polar surface area (TPSA) is 48.9 Å². The Kier molecular flexibility index (Phi) is 12.1. The van der Waals surface area contributed by atoms with Crippen LogP contribution < -0.4 is 15.4 Å². The SMILES string of the molecule is C=CCOc1ccccc1CN=C(NCC)NC1CCN(CC(F)F)CC1.I. The molecule has 0 unspecified atom stereocenters. The van der Waals surface area contributed by atoms with Crippen molar-refractivity contribution in [2.45, 2.75) is 38.8 Å². The minimum absolute atomic E-state index is 0. The lowest BCUT2D eigenvalue weighted by atomic mass is 10.1. The number of guanidine groups is 1. The third-order valence-corrected chi connectivity index (χ3v) is 4.41. The highest BCUT2D eigenvalue weighted by atomic mass is 127. The van der Waals surface area contributed by atoms with Gasteiger partial charge in [-0.1, -0.05) is 30.9 Å². The van der Waals surface area contributed by atoms with Gasteiger partial charge >= 0.3 is 0 Å². The molecule has 1 fully saturated rings. The number of piperidine rings is 1. The highest BCUT2D eigenvalue weighted by Crippen LogP contribution is 2.19. The summed E-state index contributed by atoms with van der Waals surface area (Å²) in [6.07, 6.45) is 1.11. The van der Waals surface area contributed by atoms with Gasteiger partial charge in [-0.2, -0.15) is 0 Å². The van der Waals surface area contributed by atoms with E-state index in [2.05, 4.69) is 22.2 Å². The molecular formula is C20H31F2IN4O. The Morgan fingerprint density at radius 2 is 2.07 bits per heavy atom. The van der Waals surface area contributed by atoms with Gasteiger partial charge in [0.15, 0.2) is 5.96 Å². The van der Waals surface area contributed by atoms with E-state index in [1.165, 1.54) is 0 Å². The zero-order valence-electron chi connectivity index (χ0n) is 16.4. The maximum absolute atomic E-state index is 12.5. The van der Waals surface area contributed by atoms with Gasteiger partial charge in [-0.15, -0.1) is 24.0 Å². The molecule has 1 aliphatic heterocycles. The van der Waals surface area contributed by atoms with Gasteiger partial charge in [0.25, 0.3) is 6.43 Å². The fourth-order valence-corrected chi connectivity index (χ4v) is 3.06. The number of nitrogens with one attached hydrogen (secondary N) is 2. The van der Waals surface area contributed by atoms with Crippen LogP contribution in [0.15, 0.2) is 41.9 Å². The van der Waals surface area contributed by atoms with Crippen molar-refractivity contribution in [2.75, 3.05) is 32.8 Å². The smallest absolute Gasteiger partial charge is 0.251 e. The van der Waals surface area contributed by atoms with Crippen molar-refractivity contribution in [3.63, 3.8) is 0 Å². The fourth-order valence-electron chi connectivity index (χ4n) is 3.06. The molecule has 0 atom stereocenters. The Bertz CT molecular complexity index is 608. The van der Waals surface area contributed by atoms with E-state index in [1.807, 2.05) is 36.1 Å². The van der Waals surface area contributed by atoms with E-state index in [-0.39, 0.29) is 36.6 Å². The highest BCUT2D eigenvalue weighted by molar-refractivity contribution is 14.0. The Hall–Kier alpha value is -1.42. The molecule has 0 saturated carbocycles. The largest absolute Gasteiger partial charge is 0.489 e. The minimum atomic E-state index is -2.27. The Balaban J connectivity index is 0.00000392. The molecule has 8 heteroatoms. The van der Waals surface area contributed by atoms with E-state index in [0.29, 0.717) is 26.2 Å². The number of likely N-dealkylation sites (tertiary alicyclic amines) is 1. The molecule has 1 aromatic rings. The summed E-state index contributed by atoms with van der Waals surface area (Å²) in [6.45, 7) is 8.62. The van der Waals surface area contributed by atoms with Crippen molar-refractivity contribution in [3.8, 4) is 5.75 Å². The lowest BCUT2D eigenvalue weighted by Gasteiger charge is -2.32. The number of benzene rings is 1. The predicted molar refractivity (Wildman–Crippen MR) is 121 cm³/mol. The van der Waals surface area contributed by atoms with Crippen molar-refractivity contribution in [2.24, 2.45) is 4.99 Å². The molecule has 1 heterocycles. The maximum atomic E-state index is 12.5. The van der Waals surface area contributed by atoms with Crippen LogP contribution in [0.5, 0.6) is 5.75 Å². The van der Waals surface area contributed by atoms with Crippen LogP contribution in [0, 0.1) is 0 Å². The van der Waals surface area contributed by atoms with E-state index in [9.17, 15) is 8.78 Å². The van der Waals surface area contributed by atoms with Crippen molar-refractivity contribution in [3.05, 3.63) is 42.5 Å². The van der Waals surface area contributed by atoms with E-state index in [1.54, 1.807) is 6.08 Å². The van der Waals surface area contributed by atoms with Gasteiger partial charge in [0, 0.05) is 31.2 Å². The van der Waals surface area contributed by atoms with Gasteiger partial charge in [-0.25, -0.2) is 13.8 Å². The van der Waals surface area contributed by atoms with Crippen LogP contribution in [-0.2, 0) is 6.54 Å². The third kappa shape index (κ3) is 8.72. The van der Waals surface area contributed by atoms with E-state index in [0.717, 1.165) is 36.7 Å². The van der Waals surface area contributed by atoms with Crippen LogP contribution in [0.3, 0.4) is 0 Å². The first kappa shape index (κ1) is 24.6. The lowest BCUT2D eigenvalue weighted by molar-refractivity contribution is 0.0744. The minimum Gasteiger partial charge on any atom is -0.489 e. The number of hydrogen-bond acceptors (Lipinski definition) is 3. The summed E-state index contributed by atoms with van der Waals surface area (Å²) in [6, 6.07) is 8.05. The monoisotopic (exact) mass is 508 g/mol. The summed E-state index contributed by atoms with van der Waals surface area (Å²) in [5.74, 6) is 1.54. The molecule has 5 nitrogen and oxygen atoms in total. The molecule has 2 rings (SSSR count). The summed E-state index contributed by atoms with van der Waals surface area (Å²) in [5, 5.41) is 6.69. The second kappa shape index (κ2) is 13.7. The van der Waals surface area contributed by atoms with Gasteiger partial charge < -0.3 is 15.4 Å². The fraction of sp³-hybridized carbons (Fsp3) is 0.550. The first-order valence-electron chi connectivity index (χ1n) is 9.49. The molecule has 0 aliphatic carbocycles. The van der Waals surface area contributed by atoms with Gasteiger partial charge in [0.05, 0.1) is 13.1 Å². The first-order chi connectivity index (χ1) is 13.1. The average Bonchev–Trinajstić information content (AvgIpc) is 2.66. The van der Waals surface area contributed by atoms with Gasteiger partial charge in [0.2, 0.25) is 0 Å². The molecule has 2 N–H and O–H groups in total. The molecule has 1 aliphatic rings.